The van der Waals surface area contributed by atoms with Gasteiger partial charge < -0.3 is 10.6 Å². The highest BCUT2D eigenvalue weighted by atomic mass is 32.1. The van der Waals surface area contributed by atoms with Crippen LogP contribution in [0.3, 0.4) is 0 Å². The van der Waals surface area contributed by atoms with Crippen molar-refractivity contribution in [1.29, 1.82) is 0 Å². The van der Waals surface area contributed by atoms with Crippen molar-refractivity contribution in [2.75, 3.05) is 11.9 Å². The Morgan fingerprint density at radius 1 is 1.44 bits per heavy atom. The zero-order chi connectivity index (χ0) is 13.0. The summed E-state index contributed by atoms with van der Waals surface area (Å²) in [6.45, 7) is 1.95. The molecule has 1 aliphatic carbocycles. The molecule has 0 bridgehead atoms. The molecule has 0 aromatic carbocycles. The van der Waals surface area contributed by atoms with Gasteiger partial charge in [-0.15, -0.1) is 11.3 Å². The van der Waals surface area contributed by atoms with Crippen LogP contribution in [0.5, 0.6) is 0 Å². The zero-order valence-electron chi connectivity index (χ0n) is 10.4. The Hall–Kier alpha value is -1.43. The topological polar surface area (TPSA) is 71.1 Å². The zero-order valence-corrected chi connectivity index (χ0v) is 11.2. The minimum Gasteiger partial charge on any atom is -0.347 e. The van der Waals surface area contributed by atoms with E-state index in [0.717, 1.165) is 30.6 Å². The van der Waals surface area contributed by atoms with Gasteiger partial charge in [0.1, 0.15) is 0 Å². The molecule has 18 heavy (non-hydrogen) atoms. The van der Waals surface area contributed by atoms with Gasteiger partial charge >= 0.3 is 0 Å². The van der Waals surface area contributed by atoms with E-state index in [1.807, 2.05) is 6.92 Å². The summed E-state index contributed by atoms with van der Waals surface area (Å²) >= 11 is 1.42. The molecule has 1 saturated carbocycles. The standard InChI is InChI=1S/C12H17N3O2S/c1-8-6-14-12(18-8)15-10(16)7-13-11(17)9-4-2-3-5-9/h6,9H,2-5,7H2,1H3,(H,13,17)(H,14,15,16). The third kappa shape index (κ3) is 3.53. The van der Waals surface area contributed by atoms with E-state index in [2.05, 4.69) is 15.6 Å². The third-order valence-electron chi connectivity index (χ3n) is 3.02. The first-order valence-corrected chi connectivity index (χ1v) is 6.97. The molecule has 6 heteroatoms. The fourth-order valence-corrected chi connectivity index (χ4v) is 2.76. The van der Waals surface area contributed by atoms with Gasteiger partial charge in [0.25, 0.3) is 0 Å². The maximum Gasteiger partial charge on any atom is 0.245 e. The Kier molecular flexibility index (Phi) is 4.30. The van der Waals surface area contributed by atoms with Gasteiger partial charge in [-0.25, -0.2) is 4.98 Å². The summed E-state index contributed by atoms with van der Waals surface area (Å²) in [5.74, 6) is -0.131. The lowest BCUT2D eigenvalue weighted by molar-refractivity contribution is -0.127. The van der Waals surface area contributed by atoms with Crippen LogP contribution < -0.4 is 10.6 Å². The molecule has 1 aliphatic rings. The number of nitrogens with zero attached hydrogens (tertiary/aromatic N) is 1. The molecule has 1 aromatic heterocycles. The van der Waals surface area contributed by atoms with Gasteiger partial charge in [-0.2, -0.15) is 0 Å². The van der Waals surface area contributed by atoms with Crippen molar-refractivity contribution in [3.63, 3.8) is 0 Å². The minimum atomic E-state index is -0.226. The molecular weight excluding hydrogens is 250 g/mol. The first-order chi connectivity index (χ1) is 8.65. The number of aryl methyl sites for hydroxylation is 1. The molecule has 98 valence electrons. The minimum absolute atomic E-state index is 0.00188. The predicted octanol–water partition coefficient (Wildman–Crippen LogP) is 1.70. The van der Waals surface area contributed by atoms with E-state index in [9.17, 15) is 9.59 Å². The van der Waals surface area contributed by atoms with Gasteiger partial charge in [0.05, 0.1) is 6.54 Å². The number of nitrogens with one attached hydrogen (secondary N) is 2. The number of hydrogen-bond acceptors (Lipinski definition) is 4. The fourth-order valence-electron chi connectivity index (χ4n) is 2.08. The Balaban J connectivity index is 1.72. The van der Waals surface area contributed by atoms with Crippen LogP contribution in [0, 0.1) is 12.8 Å². The van der Waals surface area contributed by atoms with Gasteiger partial charge in [-0.3, -0.25) is 9.59 Å². The summed E-state index contributed by atoms with van der Waals surface area (Å²) in [5, 5.41) is 5.92. The van der Waals surface area contributed by atoms with Crippen LogP contribution in [-0.4, -0.2) is 23.3 Å². The summed E-state index contributed by atoms with van der Waals surface area (Å²) in [5.41, 5.74) is 0. The molecule has 2 rings (SSSR count). The van der Waals surface area contributed by atoms with Crippen LogP contribution in [0.15, 0.2) is 6.20 Å². The normalized spacial score (nSPS) is 15.6. The number of hydrogen-bond donors (Lipinski definition) is 2. The molecule has 1 fully saturated rings. The average molecular weight is 267 g/mol. The predicted molar refractivity (Wildman–Crippen MR) is 70.4 cm³/mol. The molecule has 0 saturated heterocycles. The highest BCUT2D eigenvalue weighted by molar-refractivity contribution is 7.15. The van der Waals surface area contributed by atoms with Crippen molar-refractivity contribution in [1.82, 2.24) is 10.3 Å². The van der Waals surface area contributed by atoms with E-state index in [0.29, 0.717) is 5.13 Å². The van der Waals surface area contributed by atoms with E-state index < -0.39 is 0 Å². The molecule has 5 nitrogen and oxygen atoms in total. The smallest absolute Gasteiger partial charge is 0.245 e. The van der Waals surface area contributed by atoms with Gasteiger partial charge in [0, 0.05) is 17.0 Å². The summed E-state index contributed by atoms with van der Waals surface area (Å²) in [7, 11) is 0. The van der Waals surface area contributed by atoms with Gasteiger partial charge in [0.2, 0.25) is 11.8 Å². The maximum atomic E-state index is 11.7. The quantitative estimate of drug-likeness (QED) is 0.872. The lowest BCUT2D eigenvalue weighted by Gasteiger charge is -2.09. The second kappa shape index (κ2) is 5.95. The van der Waals surface area contributed by atoms with E-state index in [4.69, 9.17) is 0 Å². The number of carbonyl (C=O) groups excluding carboxylic acids is 2. The number of rotatable bonds is 4. The number of carbonyl (C=O) groups is 2. The van der Waals surface area contributed by atoms with Crippen LogP contribution in [-0.2, 0) is 9.59 Å². The Morgan fingerprint density at radius 2 is 2.17 bits per heavy atom. The number of aromatic nitrogens is 1. The van der Waals surface area contributed by atoms with Crippen LogP contribution >= 0.6 is 11.3 Å². The maximum absolute atomic E-state index is 11.7. The largest absolute Gasteiger partial charge is 0.347 e. The first-order valence-electron chi connectivity index (χ1n) is 6.15. The second-order valence-electron chi connectivity index (χ2n) is 4.52. The van der Waals surface area contributed by atoms with Crippen molar-refractivity contribution in [2.24, 2.45) is 5.92 Å². The average Bonchev–Trinajstić information content (AvgIpc) is 2.97. The molecule has 2 N–H and O–H groups in total. The van der Waals surface area contributed by atoms with E-state index >= 15 is 0 Å². The number of amides is 2. The highest BCUT2D eigenvalue weighted by Gasteiger charge is 2.22. The van der Waals surface area contributed by atoms with Crippen molar-refractivity contribution >= 4 is 28.3 Å². The lowest BCUT2D eigenvalue weighted by atomic mass is 10.1. The van der Waals surface area contributed by atoms with Crippen molar-refractivity contribution in [3.05, 3.63) is 11.1 Å². The van der Waals surface area contributed by atoms with Crippen LogP contribution in [0.4, 0.5) is 5.13 Å². The van der Waals surface area contributed by atoms with Crippen LogP contribution in [0.25, 0.3) is 0 Å². The second-order valence-corrected chi connectivity index (χ2v) is 5.76. The van der Waals surface area contributed by atoms with Crippen molar-refractivity contribution < 1.29 is 9.59 Å². The highest BCUT2D eigenvalue weighted by Crippen LogP contribution is 2.24. The Morgan fingerprint density at radius 3 is 2.78 bits per heavy atom. The lowest BCUT2D eigenvalue weighted by Crippen LogP contribution is -2.36. The fraction of sp³-hybridized carbons (Fsp3) is 0.583. The summed E-state index contributed by atoms with van der Waals surface area (Å²) < 4.78 is 0. The Labute approximate surface area is 110 Å². The molecule has 0 spiro atoms. The van der Waals surface area contributed by atoms with Gasteiger partial charge in [-0.1, -0.05) is 12.8 Å². The summed E-state index contributed by atoms with van der Waals surface area (Å²) in [6, 6.07) is 0. The molecule has 0 unspecified atom stereocenters. The number of anilines is 1. The van der Waals surface area contributed by atoms with E-state index in [1.165, 1.54) is 11.3 Å². The molecule has 2 amide bonds. The van der Waals surface area contributed by atoms with Crippen molar-refractivity contribution in [3.8, 4) is 0 Å². The molecule has 1 heterocycles. The molecule has 0 atom stereocenters. The molecule has 0 aliphatic heterocycles. The monoisotopic (exact) mass is 267 g/mol. The first kappa shape index (κ1) is 13.0. The molecule has 1 aromatic rings. The van der Waals surface area contributed by atoms with Crippen molar-refractivity contribution in [2.45, 2.75) is 32.6 Å². The summed E-state index contributed by atoms with van der Waals surface area (Å²) in [6.07, 6.45) is 5.82. The Bertz CT molecular complexity index is 438. The van der Waals surface area contributed by atoms with Gasteiger partial charge in [-0.05, 0) is 19.8 Å². The molecule has 0 radical (unpaired) electrons. The van der Waals surface area contributed by atoms with E-state index in [1.54, 1.807) is 6.20 Å². The van der Waals surface area contributed by atoms with E-state index in [-0.39, 0.29) is 24.3 Å². The molecular formula is C12H17N3O2S. The SMILES string of the molecule is Cc1cnc(NC(=O)CNC(=O)C2CCCC2)s1. The van der Waals surface area contributed by atoms with Crippen LogP contribution in [0.1, 0.15) is 30.6 Å². The number of thiazole rings is 1. The van der Waals surface area contributed by atoms with Crippen LogP contribution in [0.2, 0.25) is 0 Å². The van der Waals surface area contributed by atoms with Gasteiger partial charge in [0.15, 0.2) is 5.13 Å². The third-order valence-corrected chi connectivity index (χ3v) is 3.84. The summed E-state index contributed by atoms with van der Waals surface area (Å²) in [4.78, 5) is 28.4.